The van der Waals surface area contributed by atoms with E-state index in [2.05, 4.69) is 54.5 Å². The Kier molecular flexibility index (Phi) is 9.82. The average Bonchev–Trinajstić information content (AvgIpc) is 3.17. The van der Waals surface area contributed by atoms with Crippen molar-refractivity contribution >= 4 is 17.4 Å². The highest BCUT2D eigenvalue weighted by Crippen LogP contribution is 2.36. The zero-order chi connectivity index (χ0) is 26.5. The van der Waals surface area contributed by atoms with Gasteiger partial charge in [0, 0.05) is 36.9 Å². The van der Waals surface area contributed by atoms with Crippen molar-refractivity contribution in [3.8, 4) is 11.8 Å². The van der Waals surface area contributed by atoms with Gasteiger partial charge in [0.1, 0.15) is 0 Å². The molecule has 3 unspecified atom stereocenters. The molecule has 2 amide bonds. The van der Waals surface area contributed by atoms with Crippen molar-refractivity contribution in [3.63, 3.8) is 0 Å². The zero-order valence-corrected chi connectivity index (χ0v) is 23.0. The summed E-state index contributed by atoms with van der Waals surface area (Å²) in [6, 6.07) is 1.65. The smallest absolute Gasteiger partial charge is 0.253 e. The number of carbonyl (C=O) groups is 2. The minimum atomic E-state index is -0.252. The maximum atomic E-state index is 11.9. The van der Waals surface area contributed by atoms with Gasteiger partial charge in [0.15, 0.2) is 5.88 Å². The molecule has 2 N–H and O–H groups in total. The van der Waals surface area contributed by atoms with Gasteiger partial charge in [-0.1, -0.05) is 54.5 Å². The fraction of sp³-hybridized carbons (Fsp3) is 0.655. The molecule has 3 atom stereocenters. The van der Waals surface area contributed by atoms with Crippen molar-refractivity contribution in [2.24, 2.45) is 29.1 Å². The fourth-order valence-electron chi connectivity index (χ4n) is 5.63. The Labute approximate surface area is 211 Å². The monoisotopic (exact) mass is 486 g/mol. The first kappa shape index (κ1) is 28.7. The number of hydrogen-bond donors (Lipinski definition) is 2. The van der Waals surface area contributed by atoms with Crippen LogP contribution in [0.3, 0.4) is 0 Å². The van der Waals surface area contributed by atoms with E-state index in [0.717, 1.165) is 24.8 Å². The molecule has 2 heterocycles. The van der Waals surface area contributed by atoms with Gasteiger partial charge in [-0.05, 0) is 67.3 Å². The molecule has 0 saturated heterocycles. The quantitative estimate of drug-likeness (QED) is 0.317. The van der Waals surface area contributed by atoms with Crippen LogP contribution in [0.1, 0.15) is 86.6 Å². The van der Waals surface area contributed by atoms with E-state index in [1.807, 2.05) is 6.92 Å². The highest BCUT2D eigenvalue weighted by molar-refractivity contribution is 6.12. The molecule has 1 aliphatic heterocycles. The molecular weight excluding hydrogens is 440 g/mol. The SMILES string of the molecule is CC(=CC(C)CC(C)CC(C)C)c1cc(O)n(CCC(C)CC(C)(C)CN2C(=O)C=CC2=O)c1O. The van der Waals surface area contributed by atoms with Crippen LogP contribution in [0.5, 0.6) is 11.8 Å². The van der Waals surface area contributed by atoms with Gasteiger partial charge in [0.2, 0.25) is 5.88 Å². The van der Waals surface area contributed by atoms with Crippen LogP contribution in [-0.2, 0) is 16.1 Å². The van der Waals surface area contributed by atoms with E-state index in [-0.39, 0.29) is 34.9 Å². The van der Waals surface area contributed by atoms with Gasteiger partial charge in [0.05, 0.1) is 0 Å². The van der Waals surface area contributed by atoms with Crippen LogP contribution in [0.4, 0.5) is 0 Å². The summed E-state index contributed by atoms with van der Waals surface area (Å²) in [5, 5.41) is 21.4. The summed E-state index contributed by atoms with van der Waals surface area (Å²) in [6.45, 7) is 18.1. The second-order valence-corrected chi connectivity index (χ2v) is 12.0. The maximum absolute atomic E-state index is 11.9. The third-order valence-electron chi connectivity index (χ3n) is 6.89. The maximum Gasteiger partial charge on any atom is 0.253 e. The molecule has 0 spiro atoms. The van der Waals surface area contributed by atoms with Crippen LogP contribution >= 0.6 is 0 Å². The first-order chi connectivity index (χ1) is 16.2. The highest BCUT2D eigenvalue weighted by Gasteiger charge is 2.31. The molecule has 35 heavy (non-hydrogen) atoms. The molecule has 1 aliphatic rings. The number of imide groups is 1. The van der Waals surface area contributed by atoms with Crippen molar-refractivity contribution in [2.45, 2.75) is 87.6 Å². The summed E-state index contributed by atoms with van der Waals surface area (Å²) in [7, 11) is 0. The van der Waals surface area contributed by atoms with E-state index in [4.69, 9.17) is 0 Å². The molecule has 2 rings (SSSR count). The van der Waals surface area contributed by atoms with Gasteiger partial charge >= 0.3 is 0 Å². The van der Waals surface area contributed by atoms with Crippen LogP contribution in [-0.4, -0.2) is 38.0 Å². The third kappa shape index (κ3) is 8.29. The molecule has 0 aliphatic carbocycles. The number of carbonyl (C=O) groups excluding carboxylic acids is 2. The summed E-state index contributed by atoms with van der Waals surface area (Å²) in [6.07, 6.45) is 8.70. The lowest BCUT2D eigenvalue weighted by atomic mass is 9.81. The van der Waals surface area contributed by atoms with E-state index < -0.39 is 0 Å². The number of aromatic nitrogens is 1. The lowest BCUT2D eigenvalue weighted by Gasteiger charge is -2.31. The lowest BCUT2D eigenvalue weighted by molar-refractivity contribution is -0.138. The number of amides is 2. The van der Waals surface area contributed by atoms with Crippen molar-refractivity contribution in [1.82, 2.24) is 9.47 Å². The molecule has 196 valence electrons. The van der Waals surface area contributed by atoms with Crippen LogP contribution in [0.15, 0.2) is 24.3 Å². The average molecular weight is 487 g/mol. The van der Waals surface area contributed by atoms with Gasteiger partial charge < -0.3 is 10.2 Å². The minimum Gasteiger partial charge on any atom is -0.494 e. The Morgan fingerprint density at radius 2 is 1.60 bits per heavy atom. The highest BCUT2D eigenvalue weighted by atomic mass is 16.3. The third-order valence-corrected chi connectivity index (χ3v) is 6.89. The van der Waals surface area contributed by atoms with E-state index in [9.17, 15) is 19.8 Å². The lowest BCUT2D eigenvalue weighted by Crippen LogP contribution is -2.39. The van der Waals surface area contributed by atoms with Crippen molar-refractivity contribution in [1.29, 1.82) is 0 Å². The molecule has 0 saturated carbocycles. The number of rotatable bonds is 13. The fourth-order valence-corrected chi connectivity index (χ4v) is 5.63. The van der Waals surface area contributed by atoms with Crippen LogP contribution < -0.4 is 0 Å². The topological polar surface area (TPSA) is 82.8 Å². The molecule has 1 aromatic rings. The van der Waals surface area contributed by atoms with E-state index in [0.29, 0.717) is 36.4 Å². The molecule has 1 aromatic heterocycles. The molecule has 6 nitrogen and oxygen atoms in total. The number of hydrogen-bond acceptors (Lipinski definition) is 4. The van der Waals surface area contributed by atoms with Gasteiger partial charge in [-0.25, -0.2) is 0 Å². The zero-order valence-electron chi connectivity index (χ0n) is 23.0. The van der Waals surface area contributed by atoms with Gasteiger partial charge in [-0.3, -0.25) is 19.1 Å². The summed E-state index contributed by atoms with van der Waals surface area (Å²) in [5.74, 6) is 1.66. The first-order valence-electron chi connectivity index (χ1n) is 13.0. The molecule has 6 heteroatoms. The summed E-state index contributed by atoms with van der Waals surface area (Å²) >= 11 is 0. The predicted molar refractivity (Wildman–Crippen MR) is 142 cm³/mol. The van der Waals surface area contributed by atoms with Gasteiger partial charge in [-0.2, -0.15) is 0 Å². The van der Waals surface area contributed by atoms with Gasteiger partial charge in [-0.15, -0.1) is 0 Å². The van der Waals surface area contributed by atoms with E-state index in [1.54, 1.807) is 10.6 Å². The Bertz CT molecular complexity index is 936. The molecule has 0 radical (unpaired) electrons. The summed E-state index contributed by atoms with van der Waals surface area (Å²) < 4.78 is 1.57. The predicted octanol–water partition coefficient (Wildman–Crippen LogP) is 6.38. The standard InChI is InChI=1S/C29H46N2O4/c1-19(2)13-21(4)14-22(5)15-23(6)24-16-27(34)30(28(24)35)12-11-20(3)17-29(7,8)18-31-25(32)9-10-26(31)33/h9-10,15-16,19-22,34-35H,11-14,17-18H2,1-8H3. The van der Waals surface area contributed by atoms with Gasteiger partial charge in [0.25, 0.3) is 11.8 Å². The Morgan fingerprint density at radius 1 is 1.00 bits per heavy atom. The van der Waals surface area contributed by atoms with E-state index >= 15 is 0 Å². The molecule has 0 fully saturated rings. The van der Waals surface area contributed by atoms with Crippen LogP contribution in [0.25, 0.3) is 5.57 Å². The second kappa shape index (κ2) is 12.0. The number of allylic oxidation sites excluding steroid dienone is 2. The largest absolute Gasteiger partial charge is 0.494 e. The summed E-state index contributed by atoms with van der Waals surface area (Å²) in [4.78, 5) is 25.1. The molecular formula is C29H46N2O4. The van der Waals surface area contributed by atoms with E-state index in [1.165, 1.54) is 23.5 Å². The number of aromatic hydroxyl groups is 2. The Balaban J connectivity index is 1.97. The molecule has 0 aromatic carbocycles. The van der Waals surface area contributed by atoms with Crippen LogP contribution in [0.2, 0.25) is 0 Å². The van der Waals surface area contributed by atoms with Crippen molar-refractivity contribution in [2.75, 3.05) is 6.54 Å². The Morgan fingerprint density at radius 3 is 2.17 bits per heavy atom. The number of nitrogens with zero attached hydrogens (tertiary/aromatic N) is 2. The molecule has 0 bridgehead atoms. The van der Waals surface area contributed by atoms with Crippen molar-refractivity contribution < 1.29 is 19.8 Å². The van der Waals surface area contributed by atoms with Crippen LogP contribution in [0, 0.1) is 29.1 Å². The normalized spacial score (nSPS) is 17.5. The first-order valence-corrected chi connectivity index (χ1v) is 13.0. The second-order valence-electron chi connectivity index (χ2n) is 12.0. The summed E-state index contributed by atoms with van der Waals surface area (Å²) in [5.41, 5.74) is 1.42. The minimum absolute atomic E-state index is 0.0665. The Hall–Kier alpha value is -2.50. The van der Waals surface area contributed by atoms with Crippen molar-refractivity contribution in [3.05, 3.63) is 29.9 Å².